The molecule has 8 rings (SSSR count). The first kappa shape index (κ1) is 21.4. The molecule has 176 valence electrons. The highest BCUT2D eigenvalue weighted by Crippen LogP contribution is 2.89. The normalized spacial score (nSPS) is 59.3. The van der Waals surface area contributed by atoms with Gasteiger partial charge in [0, 0.05) is 16.9 Å². The Labute approximate surface area is 190 Å². The van der Waals surface area contributed by atoms with Crippen LogP contribution in [0.3, 0.4) is 0 Å². The molecule has 10 atom stereocenters. The van der Waals surface area contributed by atoms with E-state index in [0.29, 0.717) is 17.9 Å². The molecule has 3 heteroatoms. The summed E-state index contributed by atoms with van der Waals surface area (Å²) in [5, 5.41) is 28.5. The molecule has 0 aliphatic heterocycles. The molecular weight excluding hydrogens is 382 g/mol. The van der Waals surface area contributed by atoms with Crippen LogP contribution in [0.15, 0.2) is 0 Å². The molecule has 8 aliphatic carbocycles. The lowest BCUT2D eigenvalue weighted by Gasteiger charge is -2.78. The largest absolute Gasteiger partial charge is 0.392 e. The highest BCUT2D eigenvalue weighted by atomic mass is 16.3. The number of nitrogens with one attached hydrogen (secondary N) is 1. The van der Waals surface area contributed by atoms with Crippen LogP contribution < -0.4 is 5.32 Å². The second-order valence-corrected chi connectivity index (χ2v) is 13.7. The van der Waals surface area contributed by atoms with E-state index in [4.69, 9.17) is 0 Å². The number of hydrogen-bond donors (Lipinski definition) is 3. The van der Waals surface area contributed by atoms with E-state index in [0.717, 1.165) is 31.6 Å². The molecule has 3 nitrogen and oxygen atoms in total. The van der Waals surface area contributed by atoms with E-state index in [1.165, 1.54) is 70.6 Å². The summed E-state index contributed by atoms with van der Waals surface area (Å²) in [6, 6.07) is 0.590. The third-order valence-corrected chi connectivity index (χ3v) is 12.6. The Hall–Kier alpha value is -0.120. The Morgan fingerprint density at radius 2 is 1.87 bits per heavy atom. The van der Waals surface area contributed by atoms with E-state index in [-0.39, 0.29) is 27.8 Å². The molecule has 6 bridgehead atoms. The quantitative estimate of drug-likeness (QED) is 0.511. The fourth-order valence-electron chi connectivity index (χ4n) is 11.9. The number of aliphatic hydroxyl groups is 2. The maximum absolute atomic E-state index is 12.5. The molecule has 0 aromatic carbocycles. The molecule has 0 aromatic heterocycles. The monoisotopic (exact) mass is 429 g/mol. The van der Waals surface area contributed by atoms with E-state index < -0.39 is 5.60 Å². The van der Waals surface area contributed by atoms with E-state index in [1.54, 1.807) is 0 Å². The minimum atomic E-state index is -0.547. The Balaban J connectivity index is 1.47. The molecule has 8 aliphatic rings. The third-order valence-electron chi connectivity index (χ3n) is 12.6. The minimum absolute atomic E-state index is 0.0247. The molecule has 3 spiro atoms. The molecule has 0 aromatic rings. The van der Waals surface area contributed by atoms with Gasteiger partial charge in [0.05, 0.1) is 11.7 Å². The second kappa shape index (κ2) is 6.72. The van der Waals surface area contributed by atoms with E-state index >= 15 is 0 Å². The molecule has 0 unspecified atom stereocenters. The van der Waals surface area contributed by atoms with Crippen molar-refractivity contribution in [2.75, 3.05) is 7.05 Å². The fourth-order valence-corrected chi connectivity index (χ4v) is 11.9. The van der Waals surface area contributed by atoms with Crippen LogP contribution in [-0.4, -0.2) is 35.0 Å². The predicted molar refractivity (Wildman–Crippen MR) is 125 cm³/mol. The van der Waals surface area contributed by atoms with Gasteiger partial charge in [-0.2, -0.15) is 0 Å². The molecule has 3 N–H and O–H groups in total. The van der Waals surface area contributed by atoms with Crippen molar-refractivity contribution in [3.05, 3.63) is 0 Å². The van der Waals surface area contributed by atoms with Crippen molar-refractivity contribution in [3.63, 3.8) is 0 Å². The van der Waals surface area contributed by atoms with E-state index in [2.05, 4.69) is 26.2 Å². The van der Waals surface area contributed by atoms with Gasteiger partial charge in [-0.3, -0.25) is 0 Å². The highest BCUT2D eigenvalue weighted by Gasteiger charge is 2.87. The molecule has 0 heterocycles. The highest BCUT2D eigenvalue weighted by molar-refractivity contribution is 5.36. The van der Waals surface area contributed by atoms with Gasteiger partial charge in [0.1, 0.15) is 0 Å². The number of rotatable bonds is 5. The van der Waals surface area contributed by atoms with Gasteiger partial charge in [-0.15, -0.1) is 0 Å². The lowest BCUT2D eigenvalue weighted by Crippen LogP contribution is -2.77. The summed E-state index contributed by atoms with van der Waals surface area (Å²) < 4.78 is 0. The zero-order chi connectivity index (χ0) is 21.7. The van der Waals surface area contributed by atoms with Gasteiger partial charge in [-0.25, -0.2) is 0 Å². The van der Waals surface area contributed by atoms with Gasteiger partial charge in [-0.05, 0) is 99.8 Å². The summed E-state index contributed by atoms with van der Waals surface area (Å²) in [7, 11) is 2.20. The standard InChI is InChI=1S/C28H47NO2/c1-4-5-6-8-19-13-21-23(29-3)20-9-12-28-22(30)16-24(2)10-7-11-27(31,17-24)26(28,15-20)18-25(21,28)14-19/h19-23,29-31H,4-18H2,1-3H3/t19-,20+,21-,22-,23+,24-,25-,26-,27+,28-/m0/s1. The first-order valence-electron chi connectivity index (χ1n) is 13.9. The maximum Gasteiger partial charge on any atom is 0.0715 e. The van der Waals surface area contributed by atoms with Crippen molar-refractivity contribution in [3.8, 4) is 0 Å². The van der Waals surface area contributed by atoms with Gasteiger partial charge in [0.25, 0.3) is 0 Å². The van der Waals surface area contributed by atoms with Crippen LogP contribution in [0.2, 0.25) is 0 Å². The number of fused-ring (bicyclic) bond motifs is 3. The molecule has 0 radical (unpaired) electrons. The lowest BCUT2D eigenvalue weighted by molar-refractivity contribution is -0.346. The predicted octanol–water partition coefficient (Wildman–Crippen LogP) is 5.43. The smallest absolute Gasteiger partial charge is 0.0715 e. The summed E-state index contributed by atoms with van der Waals surface area (Å²) in [5.41, 5.74) is -0.201. The van der Waals surface area contributed by atoms with Crippen molar-refractivity contribution in [1.82, 2.24) is 5.32 Å². The zero-order valence-electron chi connectivity index (χ0n) is 20.4. The van der Waals surface area contributed by atoms with Gasteiger partial charge in [-0.1, -0.05) is 46.0 Å². The van der Waals surface area contributed by atoms with Crippen LogP contribution in [-0.2, 0) is 0 Å². The van der Waals surface area contributed by atoms with Crippen LogP contribution in [0, 0.1) is 39.4 Å². The van der Waals surface area contributed by atoms with Crippen LogP contribution >= 0.6 is 0 Å². The van der Waals surface area contributed by atoms with Crippen molar-refractivity contribution < 1.29 is 10.2 Å². The van der Waals surface area contributed by atoms with Gasteiger partial charge < -0.3 is 15.5 Å². The third kappa shape index (κ3) is 2.38. The number of hydrogen-bond acceptors (Lipinski definition) is 3. The van der Waals surface area contributed by atoms with E-state index in [1.807, 2.05) is 0 Å². The summed E-state index contributed by atoms with van der Waals surface area (Å²) in [6.45, 7) is 4.70. The average Bonchev–Trinajstić information content (AvgIpc) is 2.94. The summed E-state index contributed by atoms with van der Waals surface area (Å²) in [6.07, 6.45) is 17.9. The van der Waals surface area contributed by atoms with Crippen LogP contribution in [0.1, 0.15) is 110 Å². The summed E-state index contributed by atoms with van der Waals surface area (Å²) in [5.74, 6) is 2.22. The van der Waals surface area contributed by atoms with Crippen molar-refractivity contribution in [2.24, 2.45) is 39.4 Å². The Morgan fingerprint density at radius 1 is 1.03 bits per heavy atom. The second-order valence-electron chi connectivity index (χ2n) is 13.7. The molecular formula is C28H47NO2. The molecule has 0 amide bonds. The lowest BCUT2D eigenvalue weighted by atomic mass is 9.27. The molecule has 8 saturated carbocycles. The molecule has 8 fully saturated rings. The van der Waals surface area contributed by atoms with Crippen LogP contribution in [0.5, 0.6) is 0 Å². The first-order chi connectivity index (χ1) is 14.8. The average molecular weight is 430 g/mol. The van der Waals surface area contributed by atoms with Crippen molar-refractivity contribution in [2.45, 2.75) is 128 Å². The van der Waals surface area contributed by atoms with Gasteiger partial charge >= 0.3 is 0 Å². The summed E-state index contributed by atoms with van der Waals surface area (Å²) in [4.78, 5) is 0. The fraction of sp³-hybridized carbons (Fsp3) is 1.00. The van der Waals surface area contributed by atoms with Crippen molar-refractivity contribution in [1.29, 1.82) is 0 Å². The Morgan fingerprint density at radius 3 is 2.65 bits per heavy atom. The first-order valence-corrected chi connectivity index (χ1v) is 13.9. The SMILES string of the molecule is CCCCC[C@H]1C[C@H]2[C@H](NC)[C@@H]3CC[C@@]45[C@@H](O)C[C@]6(C)CCC[C@@](O)(C6)[C@]4(C3)C[C@@]25C1. The maximum atomic E-state index is 12.5. The Kier molecular flexibility index (Phi) is 4.65. The van der Waals surface area contributed by atoms with E-state index in [9.17, 15) is 10.2 Å². The molecule has 31 heavy (non-hydrogen) atoms. The zero-order valence-corrected chi connectivity index (χ0v) is 20.4. The molecule has 0 saturated heterocycles. The van der Waals surface area contributed by atoms with Gasteiger partial charge in [0.15, 0.2) is 0 Å². The minimum Gasteiger partial charge on any atom is -0.392 e. The van der Waals surface area contributed by atoms with Gasteiger partial charge in [0.2, 0.25) is 0 Å². The van der Waals surface area contributed by atoms with Crippen molar-refractivity contribution >= 4 is 0 Å². The topological polar surface area (TPSA) is 52.5 Å². The van der Waals surface area contributed by atoms with Crippen LogP contribution in [0.4, 0.5) is 0 Å². The summed E-state index contributed by atoms with van der Waals surface area (Å²) >= 11 is 0. The number of aliphatic hydroxyl groups excluding tert-OH is 1. The number of unbranched alkanes of at least 4 members (excludes halogenated alkanes) is 2. The Bertz CT molecular complexity index is 741. The van der Waals surface area contributed by atoms with Crippen LogP contribution in [0.25, 0.3) is 0 Å².